The van der Waals surface area contributed by atoms with E-state index in [0.29, 0.717) is 6.54 Å². The SMILES string of the molecule is Cc1noc(C)c1CNC(=O)[C@H]1CCN1.Cl. The Bertz CT molecular complexity index is 355. The number of rotatable bonds is 3. The van der Waals surface area contributed by atoms with Gasteiger partial charge in [0.25, 0.3) is 0 Å². The maximum atomic E-state index is 11.5. The van der Waals surface area contributed by atoms with Crippen molar-refractivity contribution < 1.29 is 9.32 Å². The first kappa shape index (κ1) is 13.0. The third kappa shape index (κ3) is 2.54. The normalized spacial score (nSPS) is 18.5. The Morgan fingerprint density at radius 2 is 2.31 bits per heavy atom. The van der Waals surface area contributed by atoms with Crippen molar-refractivity contribution in [1.29, 1.82) is 0 Å². The summed E-state index contributed by atoms with van der Waals surface area (Å²) in [5.41, 5.74) is 1.82. The molecule has 90 valence electrons. The summed E-state index contributed by atoms with van der Waals surface area (Å²) in [6.07, 6.45) is 0.924. The highest BCUT2D eigenvalue weighted by molar-refractivity contribution is 5.85. The highest BCUT2D eigenvalue weighted by Crippen LogP contribution is 2.11. The van der Waals surface area contributed by atoms with E-state index in [4.69, 9.17) is 4.52 Å². The van der Waals surface area contributed by atoms with E-state index in [1.807, 2.05) is 13.8 Å². The van der Waals surface area contributed by atoms with Gasteiger partial charge in [-0.25, -0.2) is 0 Å². The molecule has 2 heterocycles. The van der Waals surface area contributed by atoms with Gasteiger partial charge in [0, 0.05) is 12.1 Å². The van der Waals surface area contributed by atoms with E-state index >= 15 is 0 Å². The smallest absolute Gasteiger partial charge is 0.237 e. The highest BCUT2D eigenvalue weighted by Gasteiger charge is 2.24. The minimum absolute atomic E-state index is 0. The third-order valence-electron chi connectivity index (χ3n) is 2.76. The third-order valence-corrected chi connectivity index (χ3v) is 2.76. The summed E-state index contributed by atoms with van der Waals surface area (Å²) in [5, 5.41) is 9.75. The number of amides is 1. The number of nitrogens with one attached hydrogen (secondary N) is 2. The summed E-state index contributed by atoms with van der Waals surface area (Å²) >= 11 is 0. The molecule has 1 fully saturated rings. The van der Waals surface area contributed by atoms with E-state index in [2.05, 4.69) is 15.8 Å². The molecule has 5 nitrogen and oxygen atoms in total. The molecule has 0 bridgehead atoms. The lowest BCUT2D eigenvalue weighted by Crippen LogP contribution is -2.53. The predicted octanol–water partition coefficient (Wildman–Crippen LogP) is 0.691. The second-order valence-corrected chi connectivity index (χ2v) is 3.82. The first-order valence-corrected chi connectivity index (χ1v) is 5.11. The average molecular weight is 246 g/mol. The Morgan fingerprint density at radius 3 is 2.75 bits per heavy atom. The van der Waals surface area contributed by atoms with E-state index in [1.165, 1.54) is 0 Å². The second kappa shape index (κ2) is 5.32. The molecule has 0 radical (unpaired) electrons. The molecule has 1 aromatic heterocycles. The molecule has 0 unspecified atom stereocenters. The number of aromatic nitrogens is 1. The molecule has 2 rings (SSSR count). The molecule has 1 aliphatic rings. The molecule has 0 aliphatic carbocycles. The molecular weight excluding hydrogens is 230 g/mol. The van der Waals surface area contributed by atoms with Gasteiger partial charge in [0.05, 0.1) is 11.7 Å². The molecule has 0 aromatic carbocycles. The molecule has 2 N–H and O–H groups in total. The number of hydrogen-bond acceptors (Lipinski definition) is 4. The van der Waals surface area contributed by atoms with Crippen molar-refractivity contribution in [2.24, 2.45) is 0 Å². The summed E-state index contributed by atoms with van der Waals surface area (Å²) in [5.74, 6) is 0.829. The molecule has 1 atom stereocenters. The lowest BCUT2D eigenvalue weighted by Gasteiger charge is -2.26. The van der Waals surface area contributed by atoms with E-state index in [1.54, 1.807) is 0 Å². The standard InChI is InChI=1S/C10H15N3O2.ClH/c1-6-8(7(2)15-13-6)5-12-10(14)9-3-4-11-9;/h9,11H,3-5H2,1-2H3,(H,12,14);1H/t9-;/m1./s1. The van der Waals surface area contributed by atoms with Gasteiger partial charge in [-0.2, -0.15) is 0 Å². The van der Waals surface area contributed by atoms with Crippen LogP contribution in [-0.4, -0.2) is 23.7 Å². The van der Waals surface area contributed by atoms with Crippen molar-refractivity contribution in [1.82, 2.24) is 15.8 Å². The minimum Gasteiger partial charge on any atom is -0.361 e. The van der Waals surface area contributed by atoms with Crippen LogP contribution in [0.5, 0.6) is 0 Å². The maximum absolute atomic E-state index is 11.5. The molecule has 6 heteroatoms. The van der Waals surface area contributed by atoms with Gasteiger partial charge in [0.15, 0.2) is 0 Å². The Kier molecular flexibility index (Phi) is 4.32. The van der Waals surface area contributed by atoms with Gasteiger partial charge in [-0.3, -0.25) is 4.79 Å². The first-order valence-electron chi connectivity index (χ1n) is 5.11. The zero-order chi connectivity index (χ0) is 10.8. The van der Waals surface area contributed by atoms with E-state index in [9.17, 15) is 4.79 Å². The van der Waals surface area contributed by atoms with Crippen LogP contribution in [-0.2, 0) is 11.3 Å². The topological polar surface area (TPSA) is 67.2 Å². The van der Waals surface area contributed by atoms with Crippen LogP contribution in [0.15, 0.2) is 4.52 Å². The first-order chi connectivity index (χ1) is 7.18. The fourth-order valence-corrected chi connectivity index (χ4v) is 1.57. The lowest BCUT2D eigenvalue weighted by atomic mass is 10.1. The fraction of sp³-hybridized carbons (Fsp3) is 0.600. The van der Waals surface area contributed by atoms with Crippen molar-refractivity contribution in [3.05, 3.63) is 17.0 Å². The number of carbonyl (C=O) groups excluding carboxylic acids is 1. The van der Waals surface area contributed by atoms with Gasteiger partial charge < -0.3 is 15.2 Å². The molecule has 0 spiro atoms. The van der Waals surface area contributed by atoms with Crippen LogP contribution in [0.4, 0.5) is 0 Å². The number of hydrogen-bond donors (Lipinski definition) is 2. The summed E-state index contributed by atoms with van der Waals surface area (Å²) in [7, 11) is 0. The minimum atomic E-state index is -0.00882. The Balaban J connectivity index is 0.00000128. The van der Waals surface area contributed by atoms with E-state index < -0.39 is 0 Å². The molecule has 1 aromatic rings. The molecule has 1 aliphatic heterocycles. The quantitative estimate of drug-likeness (QED) is 0.822. The van der Waals surface area contributed by atoms with Crippen LogP contribution in [0.2, 0.25) is 0 Å². The molecule has 1 saturated heterocycles. The molecule has 16 heavy (non-hydrogen) atoms. The van der Waals surface area contributed by atoms with Gasteiger partial charge in [0.1, 0.15) is 5.76 Å². The highest BCUT2D eigenvalue weighted by atomic mass is 35.5. The molecule has 1 amide bonds. The number of nitrogens with zero attached hydrogens (tertiary/aromatic N) is 1. The summed E-state index contributed by atoms with van der Waals surface area (Å²) in [4.78, 5) is 11.5. The zero-order valence-corrected chi connectivity index (χ0v) is 10.2. The summed E-state index contributed by atoms with van der Waals surface area (Å²) < 4.78 is 5.01. The lowest BCUT2D eigenvalue weighted by molar-refractivity contribution is -0.124. The number of halogens is 1. The Labute approximate surface area is 100 Å². The van der Waals surface area contributed by atoms with Crippen LogP contribution in [0, 0.1) is 13.8 Å². The second-order valence-electron chi connectivity index (χ2n) is 3.82. The molecule has 0 saturated carbocycles. The van der Waals surface area contributed by atoms with Gasteiger partial charge in [0.2, 0.25) is 5.91 Å². The number of carbonyl (C=O) groups is 1. The summed E-state index contributed by atoms with van der Waals surface area (Å²) in [6.45, 7) is 5.16. The van der Waals surface area contributed by atoms with Crippen molar-refractivity contribution in [3.8, 4) is 0 Å². The van der Waals surface area contributed by atoms with Crippen LogP contribution in [0.25, 0.3) is 0 Å². The van der Waals surface area contributed by atoms with Gasteiger partial charge in [-0.05, 0) is 26.8 Å². The van der Waals surface area contributed by atoms with Crippen molar-refractivity contribution in [3.63, 3.8) is 0 Å². The van der Waals surface area contributed by atoms with Crippen LogP contribution in [0.3, 0.4) is 0 Å². The largest absolute Gasteiger partial charge is 0.361 e. The average Bonchev–Trinajstić information content (AvgIpc) is 2.41. The Hall–Kier alpha value is -1.07. The summed E-state index contributed by atoms with van der Waals surface area (Å²) in [6, 6.07) is -0.00882. The van der Waals surface area contributed by atoms with Gasteiger partial charge >= 0.3 is 0 Å². The van der Waals surface area contributed by atoms with Gasteiger partial charge in [-0.15, -0.1) is 12.4 Å². The molecular formula is C10H16ClN3O2. The predicted molar refractivity (Wildman–Crippen MR) is 61.5 cm³/mol. The Morgan fingerprint density at radius 1 is 1.62 bits per heavy atom. The van der Waals surface area contributed by atoms with Crippen molar-refractivity contribution in [2.75, 3.05) is 6.54 Å². The van der Waals surface area contributed by atoms with Crippen molar-refractivity contribution >= 4 is 18.3 Å². The van der Waals surface area contributed by atoms with E-state index in [-0.39, 0.29) is 24.4 Å². The van der Waals surface area contributed by atoms with Gasteiger partial charge in [-0.1, -0.05) is 5.16 Å². The zero-order valence-electron chi connectivity index (χ0n) is 9.37. The monoisotopic (exact) mass is 245 g/mol. The fourth-order valence-electron chi connectivity index (χ4n) is 1.57. The van der Waals surface area contributed by atoms with Crippen molar-refractivity contribution in [2.45, 2.75) is 32.9 Å². The van der Waals surface area contributed by atoms with Crippen LogP contribution < -0.4 is 10.6 Å². The van der Waals surface area contributed by atoms with Crippen LogP contribution >= 0.6 is 12.4 Å². The van der Waals surface area contributed by atoms with Crippen LogP contribution in [0.1, 0.15) is 23.4 Å². The number of aryl methyl sites for hydroxylation is 2. The maximum Gasteiger partial charge on any atom is 0.237 e. The van der Waals surface area contributed by atoms with E-state index in [0.717, 1.165) is 30.0 Å².